The predicted molar refractivity (Wildman–Crippen MR) is 357 cm³/mol. The van der Waals surface area contributed by atoms with Gasteiger partial charge in [0.15, 0.2) is 12.2 Å². The number of nitrogens with zero attached hydrogens (tertiary/aromatic N) is 11. The third kappa shape index (κ3) is 17.8. The first-order valence-electron chi connectivity index (χ1n) is 28.1. The van der Waals surface area contributed by atoms with Crippen LogP contribution in [0.1, 0.15) is 121 Å². The summed E-state index contributed by atoms with van der Waals surface area (Å²) < 4.78 is 20.3. The maximum absolute atomic E-state index is 5.95. The fraction of sp³-hybridized carbons (Fsp3) is 0.424. The van der Waals surface area contributed by atoms with E-state index in [1.165, 1.54) is 84.5 Å². The lowest BCUT2D eigenvalue weighted by molar-refractivity contribution is -0.780. The van der Waals surface area contributed by atoms with E-state index in [1.807, 2.05) is 82.9 Å². The zero-order valence-corrected chi connectivity index (χ0v) is 58.1. The molecule has 2 unspecified atom stereocenters. The molecule has 16 heteroatoms. The summed E-state index contributed by atoms with van der Waals surface area (Å²) in [7, 11) is 16.4. The van der Waals surface area contributed by atoms with Crippen molar-refractivity contribution in [2.45, 2.75) is 125 Å². The van der Waals surface area contributed by atoms with Crippen LogP contribution in [0.3, 0.4) is 0 Å². The molecule has 1 aliphatic carbocycles. The number of aryl methyl sites for hydroxylation is 3. The van der Waals surface area contributed by atoms with Gasteiger partial charge in [0, 0.05) is 31.8 Å². The van der Waals surface area contributed by atoms with E-state index in [4.69, 9.17) is 10.2 Å². The Morgan fingerprint density at radius 1 is 0.756 bits per heavy atom. The normalized spacial score (nSPS) is 19.4. The van der Waals surface area contributed by atoms with Crippen LogP contribution < -0.4 is 14.7 Å². The fourth-order valence-electron chi connectivity index (χ4n) is 8.74. The van der Waals surface area contributed by atoms with Gasteiger partial charge in [0.05, 0.1) is 67.0 Å². The molecule has 0 fully saturated rings. The smallest absolute Gasteiger partial charge is 0.397 e. The molecule has 2 N–H and O–H groups in total. The molecular weight excluding hydrogens is 1070 g/mol. The monoisotopic (exact) mass is 1170 g/mol. The Kier molecular flexibility index (Phi) is 27.1. The largest absolute Gasteiger partial charge is 0.615 e. The molecule has 0 amide bonds. The first-order chi connectivity index (χ1) is 38.4. The molecule has 0 saturated carbocycles. The van der Waals surface area contributed by atoms with E-state index < -0.39 is 0 Å². The van der Waals surface area contributed by atoms with Crippen molar-refractivity contribution >= 4 is 75.0 Å². The Morgan fingerprint density at radius 3 is 1.93 bits per heavy atom. The number of allylic oxidation sites excluding steroid dienone is 12. The van der Waals surface area contributed by atoms with E-state index in [9.17, 15) is 0 Å². The Labute approximate surface area is 503 Å². The molecule has 2 atom stereocenters. The number of fused-ring (bicyclic) bond motifs is 2. The quantitative estimate of drug-likeness (QED) is 0.0657. The van der Waals surface area contributed by atoms with Gasteiger partial charge in [-0.2, -0.15) is 21.1 Å². The summed E-state index contributed by atoms with van der Waals surface area (Å²) in [6, 6.07) is 6.92. The Bertz CT molecular complexity index is 3070. The minimum absolute atomic E-state index is 0.00154. The van der Waals surface area contributed by atoms with Gasteiger partial charge < -0.3 is 38.6 Å². The zero-order chi connectivity index (χ0) is 62.2. The molecule has 0 spiro atoms. The molecule has 0 saturated heterocycles. The minimum Gasteiger partial charge on any atom is -0.397 e. The third-order valence-corrected chi connectivity index (χ3v) is 21.0. The molecule has 6 aliphatic heterocycles. The van der Waals surface area contributed by atoms with Crippen molar-refractivity contribution in [3.8, 4) is 0 Å². The van der Waals surface area contributed by atoms with Gasteiger partial charge in [-0.15, -0.1) is 49.2 Å². The van der Waals surface area contributed by atoms with Crippen LogP contribution in [0, 0.1) is 50.6 Å². The fourth-order valence-corrected chi connectivity index (χ4v) is 12.7. The van der Waals surface area contributed by atoms with Gasteiger partial charge in [-0.25, -0.2) is 9.56 Å². The van der Waals surface area contributed by atoms with Crippen LogP contribution in [0.2, 0.25) is 0 Å². The van der Waals surface area contributed by atoms with Crippen LogP contribution in [-0.4, -0.2) is 135 Å². The van der Waals surface area contributed by atoms with Crippen molar-refractivity contribution in [2.75, 3.05) is 55.6 Å². The zero-order valence-electron chi connectivity index (χ0n) is 55.5. The van der Waals surface area contributed by atoms with Gasteiger partial charge in [0.2, 0.25) is 17.3 Å². The third-order valence-electron chi connectivity index (χ3n) is 16.0. The van der Waals surface area contributed by atoms with Crippen molar-refractivity contribution in [3.05, 3.63) is 175 Å². The van der Waals surface area contributed by atoms with Crippen molar-refractivity contribution in [1.29, 1.82) is 0 Å². The van der Waals surface area contributed by atoms with E-state index in [-0.39, 0.29) is 15.8 Å². The first kappa shape index (κ1) is 69.8. The number of likely N-dealkylation sites (N-methyl/N-ethyl adjacent to an activating group) is 2. The number of imidazole rings is 2. The van der Waals surface area contributed by atoms with Gasteiger partial charge in [0.1, 0.15) is 44.5 Å². The van der Waals surface area contributed by atoms with E-state index in [2.05, 4.69) is 261 Å². The maximum Gasteiger partial charge on any atom is 0.615 e. The second-order valence-electron chi connectivity index (χ2n) is 21.2. The summed E-state index contributed by atoms with van der Waals surface area (Å²) >= 11 is 1.80. The lowest BCUT2D eigenvalue weighted by Gasteiger charge is -2.31. The van der Waals surface area contributed by atoms with Crippen LogP contribution in [0.4, 0.5) is 5.95 Å². The maximum atomic E-state index is 5.95. The Balaban J connectivity index is 0.000000253. The van der Waals surface area contributed by atoms with E-state index in [0.717, 1.165) is 29.1 Å². The minimum atomic E-state index is -0.0772. The molecule has 10 rings (SSSR count). The first-order valence-corrected chi connectivity index (χ1v) is 32.7. The SMILES string of the molecule is CC.CC(N)=C1C=CC=[N+]1c1[n+](C)[c-](C)[c-]2ccc[n+]12.CC1=C(C)N(C)C=[N+](C)[C-]1C.CC1=C(C)N(C)C=[O+][C-]1C.CC1=C(C)N(C)C=[S+][C-]1C.CC1=C(C)P(C)C=[N+](C)[C-]1C.C[N+]1=CP(C)C2=CC=C[CH-]C2=C1.Cc1ncn(C)c1C. The summed E-state index contributed by atoms with van der Waals surface area (Å²) in [4.78, 5) is 10.4. The molecule has 448 valence electrons. The number of aromatic nitrogens is 4. The summed E-state index contributed by atoms with van der Waals surface area (Å²) in [6.45, 7) is 42.4. The molecule has 3 aromatic rings. The summed E-state index contributed by atoms with van der Waals surface area (Å²) in [5.41, 5.74) is 25.6. The van der Waals surface area contributed by atoms with Crippen LogP contribution in [-0.2, 0) is 29.9 Å². The van der Waals surface area contributed by atoms with Crippen LogP contribution in [0.5, 0.6) is 0 Å². The van der Waals surface area contributed by atoms with E-state index >= 15 is 0 Å². The van der Waals surface area contributed by atoms with Gasteiger partial charge in [-0.1, -0.05) is 108 Å². The molecule has 3 aromatic heterocycles. The van der Waals surface area contributed by atoms with Crippen LogP contribution >= 0.6 is 15.8 Å². The molecule has 0 bridgehead atoms. The average Bonchev–Trinajstić information content (AvgIpc) is 4.41. The Morgan fingerprint density at radius 2 is 1.37 bits per heavy atom. The lowest BCUT2D eigenvalue weighted by Crippen LogP contribution is -2.38. The second-order valence-corrected chi connectivity index (χ2v) is 26.3. The molecular formula is C66H103N12OP2S+. The molecule has 0 radical (unpaired) electrons. The van der Waals surface area contributed by atoms with Gasteiger partial charge >= 0.3 is 5.95 Å². The number of amides is 1. The highest BCUT2D eigenvalue weighted by atomic mass is 32.1. The number of rotatable bonds is 1. The van der Waals surface area contributed by atoms with E-state index in [1.54, 1.807) is 23.1 Å². The molecule has 9 heterocycles. The van der Waals surface area contributed by atoms with Gasteiger partial charge in [-0.3, -0.25) is 0 Å². The van der Waals surface area contributed by atoms with Crippen molar-refractivity contribution in [1.82, 2.24) is 24.3 Å². The molecule has 13 nitrogen and oxygen atoms in total. The summed E-state index contributed by atoms with van der Waals surface area (Å²) in [6.07, 6.45) is 25.6. The summed E-state index contributed by atoms with van der Waals surface area (Å²) in [5.74, 6) is 5.71. The standard InChI is InChI=1S/C14H16N4.C10H12NP.C9H16N2.C9H16NP.C8H13NO.C8H13NS.C6H10N2.C2H6/c1-10(15)12-6-4-8-17(12)14-16(3)11(2)13-7-5-9-18(13)14;1-11-7-9-5-3-4-6-10(9)12(2)8-11;2*1-7-8(2)10(4)6-11(5)9(7)3;2*1-6-7(2)9(4)5-10-8(6)3;1-5-6(2)8(3)4-7-5;1-2/h4-9,15H,1-3H3;3-8H,1-2H3;2*6H,1-5H3;2*5H,1-4H3;4H,1-3H3;1-2H3/p+1. The summed E-state index contributed by atoms with van der Waals surface area (Å²) in [5, 5.41) is 4.47. The predicted octanol–water partition coefficient (Wildman–Crippen LogP) is 12.0. The highest BCUT2D eigenvalue weighted by Crippen LogP contribution is 2.46. The average molecular weight is 1170 g/mol. The topological polar surface area (TPSA) is 84.9 Å². The molecule has 82 heavy (non-hydrogen) atoms. The highest BCUT2D eigenvalue weighted by Gasteiger charge is 2.35. The van der Waals surface area contributed by atoms with Crippen molar-refractivity contribution < 1.29 is 31.7 Å². The van der Waals surface area contributed by atoms with Crippen LogP contribution in [0.15, 0.2) is 128 Å². The van der Waals surface area contributed by atoms with Gasteiger partial charge in [0.25, 0.3) is 6.41 Å². The molecule has 0 aromatic carbocycles. The van der Waals surface area contributed by atoms with Crippen LogP contribution in [0.25, 0.3) is 5.52 Å². The molecule has 7 aliphatic rings. The Hall–Kier alpha value is -6.46. The highest BCUT2D eigenvalue weighted by molar-refractivity contribution is 7.80. The van der Waals surface area contributed by atoms with Crippen molar-refractivity contribution in [2.24, 2.45) is 19.8 Å². The van der Waals surface area contributed by atoms with Crippen molar-refractivity contribution in [3.63, 3.8) is 0 Å². The lowest BCUT2D eigenvalue weighted by atomic mass is 10.1. The number of hydrogen-bond acceptors (Lipinski definition) is 5. The second kappa shape index (κ2) is 31.8. The number of nitrogens with two attached hydrogens (primary N) is 1. The number of carbonyl (C=O) groups excluding carboxylic acids is 1. The number of hydrogen-bond donors (Lipinski definition) is 1. The van der Waals surface area contributed by atoms with Gasteiger partial charge in [-0.05, 0) is 94.5 Å². The van der Waals surface area contributed by atoms with E-state index in [0.29, 0.717) is 0 Å².